The summed E-state index contributed by atoms with van der Waals surface area (Å²) in [5.41, 5.74) is 6.87. The summed E-state index contributed by atoms with van der Waals surface area (Å²) < 4.78 is 4.38. The summed E-state index contributed by atoms with van der Waals surface area (Å²) in [6.07, 6.45) is 0. The smallest absolute Gasteiger partial charge is 0.336 e. The standard InChI is InChI=1S/C11H15NO2S2/c1-2-16-10(9(12)11(13)14-15)8-6-4-3-5-7-8/h3-7,9-10,15H,2,12H2,1H3. The Balaban J connectivity index is 2.86. The molecular formula is C11H15NO2S2. The van der Waals surface area contributed by atoms with E-state index in [1.165, 1.54) is 0 Å². The van der Waals surface area contributed by atoms with E-state index in [0.29, 0.717) is 0 Å². The van der Waals surface area contributed by atoms with Crippen molar-refractivity contribution in [2.45, 2.75) is 18.2 Å². The van der Waals surface area contributed by atoms with E-state index in [4.69, 9.17) is 5.73 Å². The first-order valence-electron chi connectivity index (χ1n) is 4.98. The normalized spacial score (nSPS) is 14.2. The molecule has 2 N–H and O–H groups in total. The third kappa shape index (κ3) is 3.43. The SMILES string of the molecule is CCSC(c1ccccc1)C(N)C(=O)OS. The summed E-state index contributed by atoms with van der Waals surface area (Å²) >= 11 is 5.11. The Morgan fingerprint density at radius 3 is 2.62 bits per heavy atom. The zero-order valence-corrected chi connectivity index (χ0v) is 10.7. The molecular weight excluding hydrogens is 242 g/mol. The lowest BCUT2D eigenvalue weighted by Gasteiger charge is -2.20. The van der Waals surface area contributed by atoms with Crippen molar-refractivity contribution in [3.05, 3.63) is 35.9 Å². The van der Waals surface area contributed by atoms with Crippen LogP contribution in [0.4, 0.5) is 0 Å². The molecule has 5 heteroatoms. The van der Waals surface area contributed by atoms with Gasteiger partial charge in [0.15, 0.2) is 0 Å². The molecule has 0 heterocycles. The summed E-state index contributed by atoms with van der Waals surface area (Å²) in [6, 6.07) is 9.01. The Morgan fingerprint density at radius 2 is 2.12 bits per heavy atom. The minimum Gasteiger partial charge on any atom is -0.393 e. The topological polar surface area (TPSA) is 52.3 Å². The zero-order chi connectivity index (χ0) is 12.0. The molecule has 0 spiro atoms. The molecule has 1 rings (SSSR count). The number of thiol groups is 1. The van der Waals surface area contributed by atoms with Gasteiger partial charge in [-0.15, -0.1) is 0 Å². The van der Waals surface area contributed by atoms with E-state index in [1.807, 2.05) is 37.3 Å². The number of carbonyl (C=O) groups excluding carboxylic acids is 1. The lowest BCUT2D eigenvalue weighted by atomic mass is 10.1. The van der Waals surface area contributed by atoms with Gasteiger partial charge in [-0.3, -0.25) is 0 Å². The van der Waals surface area contributed by atoms with Crippen LogP contribution in [-0.4, -0.2) is 17.8 Å². The highest BCUT2D eigenvalue weighted by Crippen LogP contribution is 2.31. The number of hydrogen-bond acceptors (Lipinski definition) is 5. The average molecular weight is 257 g/mol. The highest BCUT2D eigenvalue weighted by molar-refractivity contribution is 7.99. The molecule has 0 radical (unpaired) electrons. The fourth-order valence-corrected chi connectivity index (χ4v) is 2.56. The van der Waals surface area contributed by atoms with E-state index in [0.717, 1.165) is 11.3 Å². The van der Waals surface area contributed by atoms with Gasteiger partial charge in [-0.2, -0.15) is 11.8 Å². The summed E-state index contributed by atoms with van der Waals surface area (Å²) in [4.78, 5) is 11.4. The Hall–Kier alpha value is -0.650. The maximum absolute atomic E-state index is 11.4. The fourth-order valence-electron chi connectivity index (χ4n) is 1.41. The number of carbonyl (C=O) groups is 1. The van der Waals surface area contributed by atoms with Gasteiger partial charge in [0.2, 0.25) is 0 Å². The van der Waals surface area contributed by atoms with Crippen LogP contribution >= 0.6 is 24.7 Å². The van der Waals surface area contributed by atoms with E-state index in [9.17, 15) is 4.79 Å². The van der Waals surface area contributed by atoms with Crippen molar-refractivity contribution >= 4 is 30.6 Å². The van der Waals surface area contributed by atoms with Crippen LogP contribution in [0.15, 0.2) is 30.3 Å². The van der Waals surface area contributed by atoms with Crippen LogP contribution in [0.2, 0.25) is 0 Å². The van der Waals surface area contributed by atoms with E-state index >= 15 is 0 Å². The van der Waals surface area contributed by atoms with E-state index in [2.05, 4.69) is 17.1 Å². The third-order valence-electron chi connectivity index (χ3n) is 2.16. The Kier molecular flexibility index (Phi) is 5.73. The first kappa shape index (κ1) is 13.4. The third-order valence-corrected chi connectivity index (χ3v) is 3.60. The zero-order valence-electron chi connectivity index (χ0n) is 9.00. The molecule has 0 bridgehead atoms. The predicted molar refractivity (Wildman–Crippen MR) is 70.4 cm³/mol. The molecule has 0 saturated heterocycles. The van der Waals surface area contributed by atoms with Gasteiger partial charge in [-0.25, -0.2) is 4.79 Å². The second-order valence-corrected chi connectivity index (χ2v) is 4.82. The predicted octanol–water partition coefficient (Wildman–Crippen LogP) is 2.20. The molecule has 0 aliphatic heterocycles. The van der Waals surface area contributed by atoms with E-state index < -0.39 is 12.0 Å². The van der Waals surface area contributed by atoms with E-state index in [1.54, 1.807) is 11.8 Å². The minimum atomic E-state index is -0.690. The number of nitrogens with two attached hydrogens (primary N) is 1. The summed E-state index contributed by atoms with van der Waals surface area (Å²) in [7, 11) is 0. The van der Waals surface area contributed by atoms with Crippen molar-refractivity contribution in [3.8, 4) is 0 Å². The van der Waals surface area contributed by atoms with Gasteiger partial charge in [-0.05, 0) is 11.3 Å². The Bertz CT molecular complexity index is 332. The molecule has 0 aliphatic rings. The Labute approximate surface area is 105 Å². The van der Waals surface area contributed by atoms with Crippen LogP contribution in [0.5, 0.6) is 0 Å². The van der Waals surface area contributed by atoms with Crippen molar-refractivity contribution in [2.24, 2.45) is 5.73 Å². The van der Waals surface area contributed by atoms with Gasteiger partial charge in [0, 0.05) is 12.9 Å². The maximum Gasteiger partial charge on any atom is 0.336 e. The second kappa shape index (κ2) is 6.83. The van der Waals surface area contributed by atoms with Crippen LogP contribution in [0.25, 0.3) is 0 Å². The first-order chi connectivity index (χ1) is 7.70. The molecule has 16 heavy (non-hydrogen) atoms. The summed E-state index contributed by atoms with van der Waals surface area (Å²) in [5, 5.41) is -0.0918. The number of rotatable bonds is 5. The van der Waals surface area contributed by atoms with Crippen molar-refractivity contribution in [2.75, 3.05) is 5.75 Å². The molecule has 3 nitrogen and oxygen atoms in total. The molecule has 0 aromatic heterocycles. The van der Waals surface area contributed by atoms with Crippen molar-refractivity contribution in [1.82, 2.24) is 0 Å². The lowest BCUT2D eigenvalue weighted by Crippen LogP contribution is -2.35. The van der Waals surface area contributed by atoms with Crippen LogP contribution < -0.4 is 5.73 Å². The van der Waals surface area contributed by atoms with Crippen molar-refractivity contribution in [3.63, 3.8) is 0 Å². The quantitative estimate of drug-likeness (QED) is 0.627. The minimum absolute atomic E-state index is 0.0918. The van der Waals surface area contributed by atoms with Gasteiger partial charge in [0.1, 0.15) is 6.04 Å². The Morgan fingerprint density at radius 1 is 1.50 bits per heavy atom. The van der Waals surface area contributed by atoms with Crippen LogP contribution in [0, 0.1) is 0 Å². The molecule has 0 amide bonds. The average Bonchev–Trinajstić information content (AvgIpc) is 2.35. The monoisotopic (exact) mass is 257 g/mol. The molecule has 2 unspecified atom stereocenters. The number of benzene rings is 1. The van der Waals surface area contributed by atoms with E-state index in [-0.39, 0.29) is 5.25 Å². The largest absolute Gasteiger partial charge is 0.393 e. The van der Waals surface area contributed by atoms with Gasteiger partial charge >= 0.3 is 5.97 Å². The highest BCUT2D eigenvalue weighted by Gasteiger charge is 2.26. The van der Waals surface area contributed by atoms with Gasteiger partial charge < -0.3 is 9.92 Å². The second-order valence-electron chi connectivity index (χ2n) is 3.22. The highest BCUT2D eigenvalue weighted by atomic mass is 32.2. The fraction of sp³-hybridized carbons (Fsp3) is 0.364. The van der Waals surface area contributed by atoms with Crippen LogP contribution in [0.3, 0.4) is 0 Å². The first-order valence-corrected chi connectivity index (χ1v) is 6.39. The van der Waals surface area contributed by atoms with Crippen molar-refractivity contribution < 1.29 is 8.98 Å². The van der Waals surface area contributed by atoms with Gasteiger partial charge in [0.05, 0.1) is 5.25 Å². The molecule has 1 aromatic rings. The number of thioether (sulfide) groups is 1. The number of hydrogen-bond donors (Lipinski definition) is 2. The summed E-state index contributed by atoms with van der Waals surface area (Å²) in [6.45, 7) is 2.03. The molecule has 0 fully saturated rings. The van der Waals surface area contributed by atoms with Crippen LogP contribution in [-0.2, 0) is 8.98 Å². The molecule has 0 saturated carbocycles. The lowest BCUT2D eigenvalue weighted by molar-refractivity contribution is -0.134. The van der Waals surface area contributed by atoms with Crippen LogP contribution in [0.1, 0.15) is 17.7 Å². The summed E-state index contributed by atoms with van der Waals surface area (Å²) in [5.74, 6) is 0.380. The molecule has 88 valence electrons. The molecule has 0 aliphatic carbocycles. The van der Waals surface area contributed by atoms with Gasteiger partial charge in [-0.1, -0.05) is 37.3 Å². The maximum atomic E-state index is 11.4. The van der Waals surface area contributed by atoms with Gasteiger partial charge in [0.25, 0.3) is 0 Å². The van der Waals surface area contributed by atoms with Crippen molar-refractivity contribution in [1.29, 1.82) is 0 Å². The molecule has 2 atom stereocenters. The molecule has 1 aromatic carbocycles.